The third kappa shape index (κ3) is 4.52. The zero-order chi connectivity index (χ0) is 20.8. The van der Waals surface area contributed by atoms with Crippen LogP contribution >= 0.6 is 0 Å². The van der Waals surface area contributed by atoms with Gasteiger partial charge >= 0.3 is 0 Å². The fourth-order valence-electron chi connectivity index (χ4n) is 2.86. The number of carbonyl (C=O) groups excluding carboxylic acids is 1. The Hall–Kier alpha value is -3.87. The topological polar surface area (TPSA) is 84.0 Å². The highest BCUT2D eigenvalue weighted by Gasteiger charge is 2.11. The molecule has 0 aliphatic heterocycles. The van der Waals surface area contributed by atoms with Gasteiger partial charge in [0.1, 0.15) is 11.4 Å². The van der Waals surface area contributed by atoms with Crippen LogP contribution in [0.2, 0.25) is 0 Å². The molecule has 0 aliphatic carbocycles. The molecule has 0 saturated heterocycles. The smallest absolute Gasteiger partial charge is 0.273 e. The minimum atomic E-state index is -0.218. The van der Waals surface area contributed by atoms with Crippen molar-refractivity contribution in [3.05, 3.63) is 71.6 Å². The highest BCUT2D eigenvalue weighted by Crippen LogP contribution is 2.34. The van der Waals surface area contributed by atoms with Crippen molar-refractivity contribution in [1.29, 1.82) is 0 Å². The predicted molar refractivity (Wildman–Crippen MR) is 117 cm³/mol. The van der Waals surface area contributed by atoms with Crippen molar-refractivity contribution in [1.82, 2.24) is 9.78 Å². The number of hydrogen-bond acceptors (Lipinski definition) is 5. The van der Waals surface area contributed by atoms with E-state index in [0.29, 0.717) is 28.4 Å². The SMILES string of the molecule is C=Nc1c(/C=C\C)cccc1/N=N/c1ccc(NC(=O)c2ccnn2C)c(C)c1. The van der Waals surface area contributed by atoms with E-state index in [9.17, 15) is 4.79 Å². The van der Waals surface area contributed by atoms with Crippen molar-refractivity contribution in [2.24, 2.45) is 22.3 Å². The summed E-state index contributed by atoms with van der Waals surface area (Å²) in [6.45, 7) is 7.49. The second-order valence-corrected chi connectivity index (χ2v) is 6.37. The molecule has 1 heterocycles. The molecule has 0 radical (unpaired) electrons. The summed E-state index contributed by atoms with van der Waals surface area (Å²) in [5, 5.41) is 15.6. The Labute approximate surface area is 169 Å². The number of carbonyl (C=O) groups is 1. The minimum Gasteiger partial charge on any atom is -0.320 e. The van der Waals surface area contributed by atoms with Crippen LogP contribution in [0.3, 0.4) is 0 Å². The second kappa shape index (κ2) is 8.88. The summed E-state index contributed by atoms with van der Waals surface area (Å²) in [5.74, 6) is -0.218. The Balaban J connectivity index is 1.81. The summed E-state index contributed by atoms with van der Waals surface area (Å²) in [6.07, 6.45) is 5.47. The number of allylic oxidation sites excluding steroid dienone is 1. The van der Waals surface area contributed by atoms with Crippen LogP contribution in [-0.2, 0) is 7.05 Å². The molecule has 0 bridgehead atoms. The maximum Gasteiger partial charge on any atom is 0.273 e. The van der Waals surface area contributed by atoms with E-state index >= 15 is 0 Å². The fourth-order valence-corrected chi connectivity index (χ4v) is 2.86. The van der Waals surface area contributed by atoms with Crippen LogP contribution in [0.4, 0.5) is 22.7 Å². The third-order valence-corrected chi connectivity index (χ3v) is 4.34. The van der Waals surface area contributed by atoms with E-state index < -0.39 is 0 Å². The average Bonchev–Trinajstić information content (AvgIpc) is 3.14. The summed E-state index contributed by atoms with van der Waals surface area (Å²) < 4.78 is 1.53. The summed E-state index contributed by atoms with van der Waals surface area (Å²) in [7, 11) is 1.73. The lowest BCUT2D eigenvalue weighted by molar-refractivity contribution is 0.101. The zero-order valence-electron chi connectivity index (χ0n) is 16.6. The quantitative estimate of drug-likeness (QED) is 0.431. The first-order valence-corrected chi connectivity index (χ1v) is 9.07. The Morgan fingerprint density at radius 1 is 1.21 bits per heavy atom. The molecule has 1 N–H and O–H groups in total. The number of aromatic nitrogens is 2. The first-order chi connectivity index (χ1) is 14.0. The number of nitrogens with one attached hydrogen (secondary N) is 1. The van der Waals surface area contributed by atoms with Crippen molar-refractivity contribution in [3.8, 4) is 0 Å². The van der Waals surface area contributed by atoms with Gasteiger partial charge < -0.3 is 5.32 Å². The molecule has 3 rings (SSSR count). The van der Waals surface area contributed by atoms with Crippen molar-refractivity contribution in [2.45, 2.75) is 13.8 Å². The molecule has 29 heavy (non-hydrogen) atoms. The molecule has 0 fully saturated rings. The Bertz CT molecular complexity index is 1110. The van der Waals surface area contributed by atoms with Crippen LogP contribution in [0.25, 0.3) is 6.08 Å². The molecule has 2 aromatic carbocycles. The van der Waals surface area contributed by atoms with Gasteiger partial charge in [0.25, 0.3) is 5.91 Å². The molecule has 7 nitrogen and oxygen atoms in total. The minimum absolute atomic E-state index is 0.218. The number of benzene rings is 2. The van der Waals surface area contributed by atoms with E-state index in [1.165, 1.54) is 4.68 Å². The van der Waals surface area contributed by atoms with Gasteiger partial charge in [0.15, 0.2) is 0 Å². The Kier molecular flexibility index (Phi) is 6.09. The van der Waals surface area contributed by atoms with Crippen molar-refractivity contribution >= 4 is 41.5 Å². The molecule has 0 spiro atoms. The summed E-state index contributed by atoms with van der Waals surface area (Å²) in [6, 6.07) is 12.8. The van der Waals surface area contributed by atoms with E-state index in [2.05, 4.69) is 32.4 Å². The summed E-state index contributed by atoms with van der Waals surface area (Å²) in [4.78, 5) is 16.5. The molecular formula is C22H22N6O. The standard InChI is InChI=1S/C22H22N6O/c1-5-7-16-8-6-9-19(21(16)23-3)27-26-17-10-11-18(15(2)14-17)25-22(29)20-12-13-24-28(20)4/h5-14H,3H2,1-2,4H3,(H,25,29)/b7-5-,27-26+. The van der Waals surface area contributed by atoms with Gasteiger partial charge in [-0.2, -0.15) is 10.2 Å². The number of rotatable bonds is 6. The van der Waals surface area contributed by atoms with Crippen LogP contribution in [0, 0.1) is 6.92 Å². The lowest BCUT2D eigenvalue weighted by Crippen LogP contribution is -2.16. The maximum atomic E-state index is 12.4. The van der Waals surface area contributed by atoms with Crippen LogP contribution in [0.5, 0.6) is 0 Å². The number of azo groups is 1. The van der Waals surface area contributed by atoms with Gasteiger partial charge in [-0.15, -0.1) is 5.11 Å². The van der Waals surface area contributed by atoms with Gasteiger partial charge in [0.2, 0.25) is 0 Å². The van der Waals surface area contributed by atoms with Gasteiger partial charge in [-0.1, -0.05) is 24.3 Å². The van der Waals surface area contributed by atoms with Crippen LogP contribution in [-0.4, -0.2) is 22.4 Å². The first kappa shape index (κ1) is 19.9. The second-order valence-electron chi connectivity index (χ2n) is 6.37. The normalized spacial score (nSPS) is 11.3. The first-order valence-electron chi connectivity index (χ1n) is 9.07. The van der Waals surface area contributed by atoms with Gasteiger partial charge in [0.05, 0.1) is 11.4 Å². The van der Waals surface area contributed by atoms with E-state index in [1.54, 1.807) is 31.4 Å². The highest BCUT2D eigenvalue weighted by molar-refractivity contribution is 6.03. The van der Waals surface area contributed by atoms with Crippen molar-refractivity contribution < 1.29 is 4.79 Å². The van der Waals surface area contributed by atoms with E-state index in [4.69, 9.17) is 0 Å². The van der Waals surface area contributed by atoms with Crippen molar-refractivity contribution in [2.75, 3.05) is 5.32 Å². The summed E-state index contributed by atoms with van der Waals surface area (Å²) >= 11 is 0. The molecule has 0 aliphatic rings. The third-order valence-electron chi connectivity index (χ3n) is 4.34. The number of anilines is 1. The molecule has 7 heteroatoms. The number of hydrogen-bond donors (Lipinski definition) is 1. The molecule has 1 amide bonds. The zero-order valence-corrected chi connectivity index (χ0v) is 16.6. The van der Waals surface area contributed by atoms with Crippen LogP contribution < -0.4 is 5.32 Å². The lowest BCUT2D eigenvalue weighted by atomic mass is 10.1. The fraction of sp³-hybridized carbons (Fsp3) is 0.136. The van der Waals surface area contributed by atoms with Crippen LogP contribution in [0.15, 0.2) is 70.0 Å². The van der Waals surface area contributed by atoms with Crippen molar-refractivity contribution in [3.63, 3.8) is 0 Å². The number of para-hydroxylation sites is 1. The van der Waals surface area contributed by atoms with Gasteiger partial charge in [0, 0.05) is 24.5 Å². The molecule has 146 valence electrons. The number of amides is 1. The molecule has 0 saturated carbocycles. The molecule has 3 aromatic rings. The maximum absolute atomic E-state index is 12.4. The van der Waals surface area contributed by atoms with Gasteiger partial charge in [-0.25, -0.2) is 0 Å². The highest BCUT2D eigenvalue weighted by atomic mass is 16.2. The number of aryl methyl sites for hydroxylation is 2. The largest absolute Gasteiger partial charge is 0.320 e. The summed E-state index contributed by atoms with van der Waals surface area (Å²) in [5.41, 5.74) is 5.00. The molecule has 1 aromatic heterocycles. The molecule has 0 atom stereocenters. The number of nitrogens with zero attached hydrogens (tertiary/aromatic N) is 5. The molecule has 0 unspecified atom stereocenters. The lowest BCUT2D eigenvalue weighted by Gasteiger charge is -2.09. The van der Waals surface area contributed by atoms with E-state index in [1.807, 2.05) is 50.3 Å². The van der Waals surface area contributed by atoms with E-state index in [-0.39, 0.29) is 5.91 Å². The van der Waals surface area contributed by atoms with Gasteiger partial charge in [-0.3, -0.25) is 14.5 Å². The van der Waals surface area contributed by atoms with E-state index in [0.717, 1.165) is 11.1 Å². The average molecular weight is 386 g/mol. The van der Waals surface area contributed by atoms with Gasteiger partial charge in [-0.05, 0) is 56.5 Å². The Morgan fingerprint density at radius 2 is 2.03 bits per heavy atom. The Morgan fingerprint density at radius 3 is 2.69 bits per heavy atom. The van der Waals surface area contributed by atoms with Crippen LogP contribution in [0.1, 0.15) is 28.5 Å². The monoisotopic (exact) mass is 386 g/mol. The number of aliphatic imine (C=N–C) groups is 1. The molecular weight excluding hydrogens is 364 g/mol. The predicted octanol–water partition coefficient (Wildman–Crippen LogP) is 5.76.